The molecule has 2 aromatic rings. The van der Waals surface area contributed by atoms with Crippen molar-refractivity contribution in [3.8, 4) is 0 Å². The summed E-state index contributed by atoms with van der Waals surface area (Å²) in [6, 6.07) is 3.23. The van der Waals surface area contributed by atoms with Crippen LogP contribution in [0.2, 0.25) is 10.0 Å². The highest BCUT2D eigenvalue weighted by Crippen LogP contribution is 2.38. The summed E-state index contributed by atoms with van der Waals surface area (Å²) in [5.74, 6) is 0. The van der Waals surface area contributed by atoms with Gasteiger partial charge in [-0.2, -0.15) is 13.2 Å². The van der Waals surface area contributed by atoms with Gasteiger partial charge in [0.2, 0.25) is 0 Å². The molecule has 2 rings (SSSR count). The van der Waals surface area contributed by atoms with Crippen molar-refractivity contribution >= 4 is 34.1 Å². The van der Waals surface area contributed by atoms with Crippen LogP contribution >= 0.6 is 23.2 Å². The maximum atomic E-state index is 12.8. The van der Waals surface area contributed by atoms with Gasteiger partial charge in [0.1, 0.15) is 5.69 Å². The zero-order chi connectivity index (χ0) is 13.7. The molecule has 0 bridgehead atoms. The van der Waals surface area contributed by atoms with Gasteiger partial charge in [0, 0.05) is 5.39 Å². The number of aromatic nitrogens is 1. The lowest BCUT2D eigenvalue weighted by Crippen LogP contribution is -2.11. The lowest BCUT2D eigenvalue weighted by atomic mass is 10.1. The van der Waals surface area contributed by atoms with Gasteiger partial charge in [0.05, 0.1) is 15.6 Å². The fourth-order valence-electron chi connectivity index (χ4n) is 1.79. The lowest BCUT2D eigenvalue weighted by molar-refractivity contribution is -0.141. The van der Waals surface area contributed by atoms with Crippen molar-refractivity contribution in [1.29, 1.82) is 0 Å². The Morgan fingerprint density at radius 2 is 1.72 bits per heavy atom. The van der Waals surface area contributed by atoms with E-state index in [-0.39, 0.29) is 21.1 Å². The minimum atomic E-state index is -4.55. The average molecular weight is 294 g/mol. The molecular weight excluding hydrogens is 286 g/mol. The van der Waals surface area contributed by atoms with Crippen LogP contribution in [-0.4, -0.2) is 4.98 Å². The number of hydrogen-bond donors (Lipinski definition) is 0. The van der Waals surface area contributed by atoms with E-state index in [9.17, 15) is 13.2 Å². The molecule has 1 aromatic heterocycles. The Hall–Kier alpha value is -1.00. The van der Waals surface area contributed by atoms with E-state index < -0.39 is 11.9 Å². The Morgan fingerprint density at radius 3 is 2.28 bits per heavy atom. The maximum absolute atomic E-state index is 12.8. The lowest BCUT2D eigenvalue weighted by Gasteiger charge is -2.13. The molecule has 0 atom stereocenters. The molecule has 0 fully saturated rings. The summed E-state index contributed by atoms with van der Waals surface area (Å²) in [6.45, 7) is 3.09. The van der Waals surface area contributed by atoms with Crippen LogP contribution in [-0.2, 0) is 6.18 Å². The third kappa shape index (κ3) is 2.15. The molecule has 0 spiro atoms. The topological polar surface area (TPSA) is 12.9 Å². The first-order chi connectivity index (χ1) is 8.21. The number of rotatable bonds is 0. The van der Waals surface area contributed by atoms with E-state index in [2.05, 4.69) is 4.98 Å². The second-order valence-corrected chi connectivity index (χ2v) is 4.83. The average Bonchev–Trinajstić information content (AvgIpc) is 2.22. The second-order valence-electron chi connectivity index (χ2n) is 4.04. The van der Waals surface area contributed by atoms with Gasteiger partial charge in [-0.15, -0.1) is 0 Å². The van der Waals surface area contributed by atoms with E-state index in [0.717, 1.165) is 5.56 Å². The first-order valence-electron chi connectivity index (χ1n) is 5.05. The van der Waals surface area contributed by atoms with Gasteiger partial charge < -0.3 is 0 Å². The highest BCUT2D eigenvalue weighted by molar-refractivity contribution is 6.39. The van der Waals surface area contributed by atoms with Crippen LogP contribution < -0.4 is 0 Å². The highest BCUT2D eigenvalue weighted by atomic mass is 35.5. The maximum Gasteiger partial charge on any atom is 0.433 e. The summed E-state index contributed by atoms with van der Waals surface area (Å²) >= 11 is 11.9. The fraction of sp³-hybridized carbons (Fsp3) is 0.250. The van der Waals surface area contributed by atoms with Crippen LogP contribution in [0.5, 0.6) is 0 Å². The second kappa shape index (κ2) is 4.28. The smallest absolute Gasteiger partial charge is 0.241 e. The van der Waals surface area contributed by atoms with E-state index in [1.807, 2.05) is 0 Å². The molecule has 0 aliphatic heterocycles. The van der Waals surface area contributed by atoms with Crippen LogP contribution in [0.1, 0.15) is 16.8 Å². The molecule has 0 amide bonds. The molecule has 0 unspecified atom stereocenters. The van der Waals surface area contributed by atoms with Gasteiger partial charge >= 0.3 is 6.18 Å². The largest absolute Gasteiger partial charge is 0.433 e. The molecule has 96 valence electrons. The van der Waals surface area contributed by atoms with Gasteiger partial charge in [-0.05, 0) is 37.1 Å². The van der Waals surface area contributed by atoms with E-state index >= 15 is 0 Å². The zero-order valence-corrected chi connectivity index (χ0v) is 11.0. The molecule has 0 aliphatic rings. The normalized spacial score (nSPS) is 12.2. The zero-order valence-electron chi connectivity index (χ0n) is 9.49. The minimum absolute atomic E-state index is 0.0397. The van der Waals surface area contributed by atoms with Crippen molar-refractivity contribution in [2.24, 2.45) is 0 Å². The predicted molar refractivity (Wildman–Crippen MR) is 66.2 cm³/mol. The van der Waals surface area contributed by atoms with Gasteiger partial charge in [-0.1, -0.05) is 23.2 Å². The molecule has 0 aliphatic carbocycles. The fourth-order valence-corrected chi connectivity index (χ4v) is 2.34. The highest BCUT2D eigenvalue weighted by Gasteiger charge is 2.36. The SMILES string of the molecule is Cc1cc(Cl)c2nc(C(F)(F)F)c(C)c(Cl)c2c1. The Kier molecular flexibility index (Phi) is 3.19. The summed E-state index contributed by atoms with van der Waals surface area (Å²) in [5.41, 5.74) is -0.190. The molecule has 1 aromatic carbocycles. The standard InChI is InChI=1S/C12H8Cl2F3N/c1-5-3-7-9(14)6(2)11(12(15,16)17)18-10(7)8(13)4-5/h3-4H,1-2H3. The molecule has 0 N–H and O–H groups in total. The number of nitrogens with zero attached hydrogens (tertiary/aromatic N) is 1. The van der Waals surface area contributed by atoms with Crippen molar-refractivity contribution in [3.05, 3.63) is 39.0 Å². The van der Waals surface area contributed by atoms with E-state index in [1.165, 1.54) is 6.92 Å². The van der Waals surface area contributed by atoms with Gasteiger partial charge in [0.25, 0.3) is 0 Å². The minimum Gasteiger partial charge on any atom is -0.241 e. The number of benzene rings is 1. The van der Waals surface area contributed by atoms with Crippen LogP contribution in [0.25, 0.3) is 10.9 Å². The van der Waals surface area contributed by atoms with Crippen molar-refractivity contribution < 1.29 is 13.2 Å². The number of aryl methyl sites for hydroxylation is 1. The monoisotopic (exact) mass is 293 g/mol. The van der Waals surface area contributed by atoms with E-state index in [4.69, 9.17) is 23.2 Å². The van der Waals surface area contributed by atoms with E-state index in [0.29, 0.717) is 5.39 Å². The number of pyridine rings is 1. The number of halogens is 5. The third-order valence-electron chi connectivity index (χ3n) is 2.62. The molecule has 1 nitrogen and oxygen atoms in total. The van der Waals surface area contributed by atoms with Crippen molar-refractivity contribution in [1.82, 2.24) is 4.98 Å². The Bertz CT molecular complexity index is 635. The molecule has 0 saturated heterocycles. The van der Waals surface area contributed by atoms with E-state index in [1.54, 1.807) is 19.1 Å². The van der Waals surface area contributed by atoms with Gasteiger partial charge in [-0.3, -0.25) is 0 Å². The van der Waals surface area contributed by atoms with Crippen LogP contribution in [0.3, 0.4) is 0 Å². The third-order valence-corrected chi connectivity index (χ3v) is 3.40. The summed E-state index contributed by atoms with van der Waals surface area (Å²) in [7, 11) is 0. The summed E-state index contributed by atoms with van der Waals surface area (Å²) in [4.78, 5) is 3.61. The van der Waals surface area contributed by atoms with Crippen LogP contribution in [0.15, 0.2) is 12.1 Å². The molecular formula is C12H8Cl2F3N. The number of fused-ring (bicyclic) bond motifs is 1. The van der Waals surface area contributed by atoms with Crippen molar-refractivity contribution in [2.75, 3.05) is 0 Å². The Balaban J connectivity index is 2.93. The quantitative estimate of drug-likeness (QED) is 0.652. The van der Waals surface area contributed by atoms with Crippen molar-refractivity contribution in [3.63, 3.8) is 0 Å². The first kappa shape index (κ1) is 13.4. The van der Waals surface area contributed by atoms with Gasteiger partial charge in [-0.25, -0.2) is 4.98 Å². The number of alkyl halides is 3. The molecule has 0 saturated carbocycles. The molecule has 1 heterocycles. The Morgan fingerprint density at radius 1 is 1.11 bits per heavy atom. The molecule has 0 radical (unpaired) electrons. The molecule has 6 heteroatoms. The van der Waals surface area contributed by atoms with Gasteiger partial charge in [0.15, 0.2) is 0 Å². The molecule has 18 heavy (non-hydrogen) atoms. The first-order valence-corrected chi connectivity index (χ1v) is 5.80. The summed E-state index contributed by atoms with van der Waals surface area (Å²) in [6.07, 6.45) is -4.55. The number of hydrogen-bond acceptors (Lipinski definition) is 1. The van der Waals surface area contributed by atoms with Crippen molar-refractivity contribution in [2.45, 2.75) is 20.0 Å². The van der Waals surface area contributed by atoms with Crippen LogP contribution in [0.4, 0.5) is 13.2 Å². The summed E-state index contributed by atoms with van der Waals surface area (Å²) < 4.78 is 38.4. The summed E-state index contributed by atoms with van der Waals surface area (Å²) in [5, 5.41) is 0.641. The van der Waals surface area contributed by atoms with Crippen LogP contribution in [0, 0.1) is 13.8 Å². The Labute approximate surface area is 112 Å². The predicted octanol–water partition coefficient (Wildman–Crippen LogP) is 5.18.